The number of rotatable bonds is 3. The van der Waals surface area contributed by atoms with Gasteiger partial charge in [-0.3, -0.25) is 4.79 Å². The Morgan fingerprint density at radius 2 is 1.80 bits per heavy atom. The van der Waals surface area contributed by atoms with Gasteiger partial charge in [0.25, 0.3) is 14.3 Å². The van der Waals surface area contributed by atoms with E-state index < -0.39 is 8.32 Å². The molecule has 0 aromatic rings. The molecule has 0 fully saturated rings. The van der Waals surface area contributed by atoms with Crippen LogP contribution in [-0.4, -0.2) is 14.3 Å². The van der Waals surface area contributed by atoms with E-state index in [1.165, 1.54) is 0 Å². The molecule has 1 aliphatic carbocycles. The van der Waals surface area contributed by atoms with Crippen LogP contribution in [0.25, 0.3) is 0 Å². The summed E-state index contributed by atoms with van der Waals surface area (Å²) < 4.78 is 5.90. The van der Waals surface area contributed by atoms with E-state index in [0.29, 0.717) is 6.42 Å². The molecule has 1 aliphatic rings. The SMILES string of the molecule is CC1(C)CC=CC(C)(CC(=O)O[Si](C)(C)C(C)(C)C)C1. The van der Waals surface area contributed by atoms with Gasteiger partial charge < -0.3 is 4.43 Å². The smallest absolute Gasteiger partial charge is 0.293 e. The molecule has 0 aromatic carbocycles. The zero-order valence-corrected chi connectivity index (χ0v) is 15.6. The normalized spacial score (nSPS) is 26.4. The van der Waals surface area contributed by atoms with Crippen molar-refractivity contribution in [1.29, 1.82) is 0 Å². The molecule has 0 bridgehead atoms. The number of hydrogen-bond acceptors (Lipinski definition) is 2. The van der Waals surface area contributed by atoms with Crippen molar-refractivity contribution in [3.05, 3.63) is 12.2 Å². The number of hydrogen-bond donors (Lipinski definition) is 0. The van der Waals surface area contributed by atoms with Crippen LogP contribution in [0.2, 0.25) is 18.1 Å². The fourth-order valence-electron chi connectivity index (χ4n) is 2.81. The van der Waals surface area contributed by atoms with Crippen molar-refractivity contribution in [2.24, 2.45) is 10.8 Å². The first-order chi connectivity index (χ1) is 8.77. The molecule has 1 unspecified atom stereocenters. The molecule has 116 valence electrons. The van der Waals surface area contributed by atoms with Crippen LogP contribution in [-0.2, 0) is 9.22 Å². The van der Waals surface area contributed by atoms with Crippen molar-refractivity contribution in [1.82, 2.24) is 0 Å². The Kier molecular flexibility index (Phi) is 4.65. The molecule has 0 saturated carbocycles. The minimum Gasteiger partial charge on any atom is -0.519 e. The molecular weight excluding hydrogens is 264 g/mol. The Bertz CT molecular complexity index is 402. The summed E-state index contributed by atoms with van der Waals surface area (Å²) in [5.41, 5.74) is 0.224. The number of allylic oxidation sites excluding steroid dienone is 2. The Hall–Kier alpha value is -0.573. The fourth-order valence-corrected chi connectivity index (χ4v) is 3.76. The van der Waals surface area contributed by atoms with Gasteiger partial charge in [0.15, 0.2) is 0 Å². The standard InChI is InChI=1S/C17H32O2Si/c1-15(2,3)20(7,8)19-14(18)12-17(6)11-9-10-16(4,5)13-17/h9,11H,10,12-13H2,1-8H3. The van der Waals surface area contributed by atoms with Crippen LogP contribution in [0.4, 0.5) is 0 Å². The lowest BCUT2D eigenvalue weighted by atomic mass is 9.67. The van der Waals surface area contributed by atoms with Crippen molar-refractivity contribution >= 4 is 14.3 Å². The quantitative estimate of drug-likeness (QED) is 0.521. The maximum absolute atomic E-state index is 12.4. The van der Waals surface area contributed by atoms with Gasteiger partial charge in [-0.25, -0.2) is 0 Å². The summed E-state index contributed by atoms with van der Waals surface area (Å²) in [5, 5.41) is 0.0746. The Morgan fingerprint density at radius 3 is 2.25 bits per heavy atom. The van der Waals surface area contributed by atoms with Crippen LogP contribution < -0.4 is 0 Å². The zero-order chi connectivity index (χ0) is 15.8. The van der Waals surface area contributed by atoms with Crippen LogP contribution in [0.15, 0.2) is 12.2 Å². The lowest BCUT2D eigenvalue weighted by Gasteiger charge is -2.40. The molecule has 0 N–H and O–H groups in total. The van der Waals surface area contributed by atoms with Gasteiger partial charge in [0, 0.05) is 0 Å². The Morgan fingerprint density at radius 1 is 1.25 bits per heavy atom. The summed E-state index contributed by atoms with van der Waals surface area (Å²) >= 11 is 0. The second kappa shape index (κ2) is 5.32. The van der Waals surface area contributed by atoms with Gasteiger partial charge in [-0.2, -0.15) is 0 Å². The number of carbonyl (C=O) groups excluding carboxylic acids is 1. The highest BCUT2D eigenvalue weighted by molar-refractivity contribution is 6.75. The fraction of sp³-hybridized carbons (Fsp3) is 0.824. The second-order valence-electron chi connectivity index (χ2n) is 9.01. The topological polar surface area (TPSA) is 26.3 Å². The molecule has 0 amide bonds. The van der Waals surface area contributed by atoms with E-state index in [-0.39, 0.29) is 21.8 Å². The van der Waals surface area contributed by atoms with Gasteiger partial charge in [0.2, 0.25) is 0 Å². The van der Waals surface area contributed by atoms with Crippen LogP contribution in [0.3, 0.4) is 0 Å². The summed E-state index contributed by atoms with van der Waals surface area (Å²) in [6.45, 7) is 17.5. The van der Waals surface area contributed by atoms with E-state index >= 15 is 0 Å². The Balaban J connectivity index is 2.72. The minimum atomic E-state index is -1.99. The van der Waals surface area contributed by atoms with Gasteiger partial charge in [-0.1, -0.05) is 53.7 Å². The van der Waals surface area contributed by atoms with E-state index in [2.05, 4.69) is 66.8 Å². The van der Waals surface area contributed by atoms with Crippen LogP contribution >= 0.6 is 0 Å². The average molecular weight is 297 g/mol. The predicted molar refractivity (Wildman–Crippen MR) is 88.2 cm³/mol. The van der Waals surface area contributed by atoms with E-state index in [1.54, 1.807) is 0 Å². The average Bonchev–Trinajstić information content (AvgIpc) is 2.10. The largest absolute Gasteiger partial charge is 0.519 e. The van der Waals surface area contributed by atoms with Crippen molar-refractivity contribution in [2.45, 2.75) is 78.9 Å². The van der Waals surface area contributed by atoms with Crippen molar-refractivity contribution < 1.29 is 9.22 Å². The highest BCUT2D eigenvalue weighted by atomic mass is 28.4. The lowest BCUT2D eigenvalue weighted by Crippen LogP contribution is -2.43. The summed E-state index contributed by atoms with van der Waals surface area (Å²) in [7, 11) is -1.99. The lowest BCUT2D eigenvalue weighted by molar-refractivity contribution is -0.137. The van der Waals surface area contributed by atoms with Crippen molar-refractivity contribution in [3.63, 3.8) is 0 Å². The highest BCUT2D eigenvalue weighted by Gasteiger charge is 2.42. The van der Waals surface area contributed by atoms with Crippen LogP contribution in [0.5, 0.6) is 0 Å². The van der Waals surface area contributed by atoms with Crippen molar-refractivity contribution in [3.8, 4) is 0 Å². The molecule has 0 aromatic heterocycles. The molecule has 20 heavy (non-hydrogen) atoms. The van der Waals surface area contributed by atoms with Crippen LogP contribution in [0, 0.1) is 10.8 Å². The molecule has 3 heteroatoms. The zero-order valence-electron chi connectivity index (χ0n) is 14.6. The minimum absolute atomic E-state index is 0.0264. The summed E-state index contributed by atoms with van der Waals surface area (Å²) in [6.07, 6.45) is 7.08. The third-order valence-electron chi connectivity index (χ3n) is 4.80. The third-order valence-corrected chi connectivity index (χ3v) is 9.15. The first-order valence-electron chi connectivity index (χ1n) is 7.66. The van der Waals surface area contributed by atoms with Gasteiger partial charge in [0.05, 0.1) is 6.42 Å². The van der Waals surface area contributed by atoms with E-state index in [0.717, 1.165) is 12.8 Å². The molecule has 0 spiro atoms. The first-order valence-corrected chi connectivity index (χ1v) is 10.6. The second-order valence-corrected chi connectivity index (χ2v) is 13.7. The van der Waals surface area contributed by atoms with Gasteiger partial charge in [-0.15, -0.1) is 0 Å². The molecule has 1 atom stereocenters. The molecule has 0 radical (unpaired) electrons. The molecule has 2 nitrogen and oxygen atoms in total. The van der Waals surface area contributed by atoms with Crippen molar-refractivity contribution in [2.75, 3.05) is 0 Å². The predicted octanol–water partition coefficient (Wildman–Crippen LogP) is 5.31. The third kappa shape index (κ3) is 4.47. The maximum Gasteiger partial charge on any atom is 0.293 e. The van der Waals surface area contributed by atoms with Crippen LogP contribution in [0.1, 0.15) is 60.8 Å². The maximum atomic E-state index is 12.4. The van der Waals surface area contributed by atoms with E-state index in [1.807, 2.05) is 0 Å². The molecule has 1 rings (SSSR count). The molecule has 0 aliphatic heterocycles. The molecule has 0 saturated heterocycles. The van der Waals surface area contributed by atoms with Gasteiger partial charge >= 0.3 is 0 Å². The van der Waals surface area contributed by atoms with E-state index in [4.69, 9.17) is 4.43 Å². The monoisotopic (exact) mass is 296 g/mol. The van der Waals surface area contributed by atoms with Gasteiger partial charge in [0.1, 0.15) is 0 Å². The first kappa shape index (κ1) is 17.5. The summed E-state index contributed by atoms with van der Waals surface area (Å²) in [5.74, 6) is -0.0264. The Labute approximate surface area is 126 Å². The summed E-state index contributed by atoms with van der Waals surface area (Å²) in [6, 6.07) is 0. The molecular formula is C17H32O2Si. The highest BCUT2D eigenvalue weighted by Crippen LogP contribution is 2.44. The number of carbonyl (C=O) groups is 1. The van der Waals surface area contributed by atoms with E-state index in [9.17, 15) is 4.79 Å². The molecule has 0 heterocycles. The summed E-state index contributed by atoms with van der Waals surface area (Å²) in [4.78, 5) is 12.4. The van der Waals surface area contributed by atoms with Gasteiger partial charge in [-0.05, 0) is 41.8 Å².